The Kier molecular flexibility index (Phi) is 6.70. The van der Waals surface area contributed by atoms with Crippen molar-refractivity contribution in [3.63, 3.8) is 0 Å². The van der Waals surface area contributed by atoms with Gasteiger partial charge in [-0.2, -0.15) is 0 Å². The molecule has 4 rings (SSSR count). The van der Waals surface area contributed by atoms with E-state index in [1.807, 2.05) is 0 Å². The van der Waals surface area contributed by atoms with Gasteiger partial charge < -0.3 is 24.8 Å². The van der Waals surface area contributed by atoms with Gasteiger partial charge >= 0.3 is 17.8 Å². The van der Waals surface area contributed by atoms with Crippen molar-refractivity contribution >= 4 is 17.8 Å². The van der Waals surface area contributed by atoms with Gasteiger partial charge in [0, 0.05) is 51.9 Å². The highest BCUT2D eigenvalue weighted by molar-refractivity contribution is 6.35. The van der Waals surface area contributed by atoms with Crippen LogP contribution in [0, 0.1) is 5.82 Å². The first-order chi connectivity index (χ1) is 15.0. The zero-order valence-corrected chi connectivity index (χ0v) is 17.6. The largest absolute Gasteiger partial charge is 0.376 e. The predicted octanol–water partition coefficient (Wildman–Crippen LogP) is 1.35. The Bertz CT molecular complexity index is 804. The van der Waals surface area contributed by atoms with Gasteiger partial charge in [0.2, 0.25) is 0 Å². The third kappa shape index (κ3) is 5.15. The second-order valence-electron chi connectivity index (χ2n) is 8.39. The van der Waals surface area contributed by atoms with Crippen molar-refractivity contribution < 1.29 is 23.5 Å². The number of carbonyl (C=O) groups excluding carboxylic acids is 3. The minimum absolute atomic E-state index is 0.0355. The number of rotatable bonds is 5. The van der Waals surface area contributed by atoms with Crippen LogP contribution in [0.15, 0.2) is 24.3 Å². The van der Waals surface area contributed by atoms with Crippen molar-refractivity contribution in [1.82, 2.24) is 20.0 Å². The summed E-state index contributed by atoms with van der Waals surface area (Å²) in [6, 6.07) is 5.82. The van der Waals surface area contributed by atoms with Gasteiger partial charge in [0.1, 0.15) is 5.82 Å². The summed E-state index contributed by atoms with van der Waals surface area (Å²) in [6.07, 6.45) is 3.44. The molecule has 9 heteroatoms. The van der Waals surface area contributed by atoms with E-state index in [2.05, 4.69) is 5.32 Å². The summed E-state index contributed by atoms with van der Waals surface area (Å²) in [7, 11) is 0. The van der Waals surface area contributed by atoms with Crippen LogP contribution in [0.2, 0.25) is 0 Å². The molecular weight excluding hydrogens is 403 g/mol. The molecule has 3 heterocycles. The lowest BCUT2D eigenvalue weighted by atomic mass is 10.0. The van der Waals surface area contributed by atoms with Crippen LogP contribution in [0.1, 0.15) is 31.2 Å². The van der Waals surface area contributed by atoms with E-state index in [1.165, 1.54) is 17.0 Å². The van der Waals surface area contributed by atoms with Gasteiger partial charge in [0.15, 0.2) is 0 Å². The van der Waals surface area contributed by atoms with Gasteiger partial charge in [-0.1, -0.05) is 12.1 Å². The molecule has 0 aromatic heterocycles. The molecular formula is C22H29FN4O4. The molecule has 8 nitrogen and oxygen atoms in total. The molecule has 0 spiro atoms. The minimum atomic E-state index is -0.521. The average molecular weight is 432 g/mol. The molecule has 0 bridgehead atoms. The first-order valence-electron chi connectivity index (χ1n) is 11.0. The van der Waals surface area contributed by atoms with E-state index in [1.54, 1.807) is 21.9 Å². The Morgan fingerprint density at radius 2 is 1.77 bits per heavy atom. The van der Waals surface area contributed by atoms with Crippen LogP contribution in [0.25, 0.3) is 0 Å². The van der Waals surface area contributed by atoms with Gasteiger partial charge in [-0.3, -0.25) is 9.59 Å². The first kappa shape index (κ1) is 21.5. The number of carbonyl (C=O) groups is 3. The molecule has 3 aliphatic rings. The number of nitrogens with one attached hydrogen (secondary N) is 1. The summed E-state index contributed by atoms with van der Waals surface area (Å²) in [5.41, 5.74) is 0.790. The third-order valence-corrected chi connectivity index (χ3v) is 6.33. The zero-order chi connectivity index (χ0) is 21.8. The summed E-state index contributed by atoms with van der Waals surface area (Å²) >= 11 is 0. The van der Waals surface area contributed by atoms with Crippen molar-refractivity contribution in [1.29, 1.82) is 0 Å². The van der Waals surface area contributed by atoms with Gasteiger partial charge in [-0.25, -0.2) is 9.18 Å². The van der Waals surface area contributed by atoms with Crippen molar-refractivity contribution in [3.05, 3.63) is 35.6 Å². The van der Waals surface area contributed by atoms with Gasteiger partial charge in [0.05, 0.1) is 6.10 Å². The number of halogens is 1. The molecule has 1 aromatic carbocycles. The van der Waals surface area contributed by atoms with Crippen LogP contribution in [-0.4, -0.2) is 84.0 Å². The molecule has 3 saturated heterocycles. The number of benzene rings is 1. The van der Waals surface area contributed by atoms with Crippen LogP contribution < -0.4 is 5.32 Å². The van der Waals surface area contributed by atoms with E-state index in [-0.39, 0.29) is 24.0 Å². The molecule has 168 valence electrons. The van der Waals surface area contributed by atoms with Gasteiger partial charge in [-0.15, -0.1) is 0 Å². The Balaban J connectivity index is 1.24. The average Bonchev–Trinajstić information content (AvgIpc) is 3.31. The van der Waals surface area contributed by atoms with Crippen LogP contribution in [0.5, 0.6) is 0 Å². The summed E-state index contributed by atoms with van der Waals surface area (Å²) in [4.78, 5) is 42.6. The highest BCUT2D eigenvalue weighted by Gasteiger charge is 2.38. The molecule has 1 unspecified atom stereocenters. The molecule has 3 fully saturated rings. The SMILES string of the molecule is O=C(NCC1CCCO1)N1CCC(N2CCN(Cc3ccc(F)cc3)C(=O)C2=O)CC1. The van der Waals surface area contributed by atoms with Crippen LogP contribution >= 0.6 is 0 Å². The van der Waals surface area contributed by atoms with Crippen molar-refractivity contribution in [3.8, 4) is 0 Å². The number of likely N-dealkylation sites (tertiary alicyclic amines) is 1. The first-order valence-corrected chi connectivity index (χ1v) is 11.0. The van der Waals surface area contributed by atoms with Crippen molar-refractivity contribution in [2.75, 3.05) is 39.3 Å². The van der Waals surface area contributed by atoms with Crippen LogP contribution in [-0.2, 0) is 20.9 Å². The van der Waals surface area contributed by atoms with E-state index >= 15 is 0 Å². The molecule has 1 N–H and O–H groups in total. The molecule has 4 amide bonds. The summed E-state index contributed by atoms with van der Waals surface area (Å²) in [5.74, 6) is -1.34. The Labute approximate surface area is 181 Å². The number of hydrogen-bond acceptors (Lipinski definition) is 4. The number of hydrogen-bond donors (Lipinski definition) is 1. The standard InChI is InChI=1S/C22H29FN4O4/c23-17-5-3-16(4-6-17)15-26-11-12-27(21(29)20(26)28)18-7-9-25(10-8-18)22(30)24-14-19-2-1-13-31-19/h3-6,18-19H,1-2,7-15H2,(H,24,30). The molecule has 0 saturated carbocycles. The molecule has 1 aromatic rings. The van der Waals surface area contributed by atoms with E-state index in [9.17, 15) is 18.8 Å². The van der Waals surface area contributed by atoms with Gasteiger partial charge in [-0.05, 0) is 43.4 Å². The van der Waals surface area contributed by atoms with E-state index in [0.29, 0.717) is 52.1 Å². The number of piperazine rings is 1. The van der Waals surface area contributed by atoms with Crippen molar-refractivity contribution in [2.24, 2.45) is 0 Å². The number of piperidine rings is 1. The van der Waals surface area contributed by atoms with E-state index in [4.69, 9.17) is 4.74 Å². The Hall–Kier alpha value is -2.68. The third-order valence-electron chi connectivity index (χ3n) is 6.33. The van der Waals surface area contributed by atoms with Gasteiger partial charge in [0.25, 0.3) is 0 Å². The lowest BCUT2D eigenvalue weighted by Crippen LogP contribution is -2.59. The molecule has 1 atom stereocenters. The lowest BCUT2D eigenvalue weighted by Gasteiger charge is -2.42. The van der Waals surface area contributed by atoms with Crippen LogP contribution in [0.3, 0.4) is 0 Å². The number of nitrogens with zero attached hydrogens (tertiary/aromatic N) is 3. The van der Waals surface area contributed by atoms with Crippen LogP contribution in [0.4, 0.5) is 9.18 Å². The zero-order valence-electron chi connectivity index (χ0n) is 17.6. The second-order valence-corrected chi connectivity index (χ2v) is 8.39. The highest BCUT2D eigenvalue weighted by atomic mass is 19.1. The maximum absolute atomic E-state index is 13.1. The molecule has 0 radical (unpaired) electrons. The van der Waals surface area contributed by atoms with E-state index in [0.717, 1.165) is 25.0 Å². The lowest BCUT2D eigenvalue weighted by molar-refractivity contribution is -0.158. The van der Waals surface area contributed by atoms with E-state index < -0.39 is 11.8 Å². The fourth-order valence-electron chi connectivity index (χ4n) is 4.50. The molecule has 0 aliphatic carbocycles. The number of urea groups is 1. The predicted molar refractivity (Wildman–Crippen MR) is 110 cm³/mol. The minimum Gasteiger partial charge on any atom is -0.376 e. The topological polar surface area (TPSA) is 82.2 Å². The smallest absolute Gasteiger partial charge is 0.317 e. The Morgan fingerprint density at radius 1 is 1.03 bits per heavy atom. The fraction of sp³-hybridized carbons (Fsp3) is 0.591. The molecule has 31 heavy (non-hydrogen) atoms. The molecule has 3 aliphatic heterocycles. The quantitative estimate of drug-likeness (QED) is 0.713. The monoisotopic (exact) mass is 432 g/mol. The fourth-order valence-corrected chi connectivity index (χ4v) is 4.50. The highest BCUT2D eigenvalue weighted by Crippen LogP contribution is 2.21. The van der Waals surface area contributed by atoms with Crippen molar-refractivity contribution in [2.45, 2.75) is 44.4 Å². The maximum atomic E-state index is 13.1. The Morgan fingerprint density at radius 3 is 2.45 bits per heavy atom. The normalized spacial score (nSPS) is 22.9. The maximum Gasteiger partial charge on any atom is 0.317 e. The second kappa shape index (κ2) is 9.64. The summed E-state index contributed by atoms with van der Waals surface area (Å²) in [6.45, 7) is 3.61. The summed E-state index contributed by atoms with van der Waals surface area (Å²) in [5, 5.41) is 2.93. The number of ether oxygens (including phenoxy) is 1. The summed E-state index contributed by atoms with van der Waals surface area (Å²) < 4.78 is 18.6. The number of amides is 4.